The molecule has 2 atom stereocenters. The van der Waals surface area contributed by atoms with Crippen LogP contribution < -0.4 is 16.4 Å². The molecule has 5 rings (SSSR count). The van der Waals surface area contributed by atoms with Crippen molar-refractivity contribution in [2.75, 3.05) is 6.61 Å². The number of amides is 3. The maximum Gasteiger partial charge on any atom is 0.404 e. The third-order valence-electron chi connectivity index (χ3n) is 7.97. The molecular formula is C26H39N5O4. The molecule has 35 heavy (non-hydrogen) atoms. The average molecular weight is 486 g/mol. The Morgan fingerprint density at radius 2 is 1.91 bits per heavy atom. The summed E-state index contributed by atoms with van der Waals surface area (Å²) in [5.41, 5.74) is 6.13. The van der Waals surface area contributed by atoms with Crippen LogP contribution in [0.1, 0.15) is 88.7 Å². The molecule has 4 N–H and O–H groups in total. The molecular weight excluding hydrogens is 446 g/mol. The quantitative estimate of drug-likeness (QED) is 0.520. The normalized spacial score (nSPS) is 29.5. The van der Waals surface area contributed by atoms with Crippen LogP contribution in [0.25, 0.3) is 6.20 Å². The van der Waals surface area contributed by atoms with Gasteiger partial charge in [-0.25, -0.2) is 9.48 Å². The van der Waals surface area contributed by atoms with Crippen LogP contribution in [0.3, 0.4) is 0 Å². The molecule has 0 saturated heterocycles. The van der Waals surface area contributed by atoms with Crippen molar-refractivity contribution in [3.8, 4) is 0 Å². The van der Waals surface area contributed by atoms with Gasteiger partial charge in [-0.05, 0) is 75.7 Å². The molecule has 1 heterocycles. The molecule has 3 amide bonds. The topological polar surface area (TPSA) is 128 Å². The first-order chi connectivity index (χ1) is 16.4. The largest absolute Gasteiger partial charge is 0.449 e. The van der Waals surface area contributed by atoms with Gasteiger partial charge in [0.2, 0.25) is 5.91 Å². The minimum absolute atomic E-state index is 0.00619. The molecule has 9 nitrogen and oxygen atoms in total. The molecule has 0 radical (unpaired) electrons. The number of hydrogen-bond acceptors (Lipinski definition) is 5. The summed E-state index contributed by atoms with van der Waals surface area (Å²) in [5.74, 6) is 1.29. The first-order valence-electron chi connectivity index (χ1n) is 12.7. The fourth-order valence-electron chi connectivity index (χ4n) is 7.05. The number of nitrogens with zero attached hydrogens (tertiary/aromatic N) is 2. The number of primary amides is 1. The van der Waals surface area contributed by atoms with Gasteiger partial charge in [-0.3, -0.25) is 9.59 Å². The molecule has 0 aliphatic heterocycles. The Kier molecular flexibility index (Phi) is 6.72. The molecule has 1 aromatic rings. The van der Waals surface area contributed by atoms with Gasteiger partial charge in [-0.2, -0.15) is 5.10 Å². The Hall–Kier alpha value is -2.84. The zero-order valence-corrected chi connectivity index (χ0v) is 21.5. The number of nitrogens with one attached hydrogen (secondary N) is 2. The number of carbonyl (C=O) groups is 3. The fourth-order valence-corrected chi connectivity index (χ4v) is 7.05. The van der Waals surface area contributed by atoms with Crippen LogP contribution in [0.5, 0.6) is 0 Å². The van der Waals surface area contributed by atoms with Crippen LogP contribution in [0.15, 0.2) is 12.3 Å². The van der Waals surface area contributed by atoms with Crippen molar-refractivity contribution < 1.29 is 19.1 Å². The van der Waals surface area contributed by atoms with E-state index in [2.05, 4.69) is 15.7 Å². The average Bonchev–Trinajstić information content (AvgIpc) is 3.17. The summed E-state index contributed by atoms with van der Waals surface area (Å²) >= 11 is 0. The van der Waals surface area contributed by atoms with Crippen LogP contribution in [0.2, 0.25) is 0 Å². The van der Waals surface area contributed by atoms with Crippen LogP contribution in [-0.2, 0) is 9.53 Å². The van der Waals surface area contributed by atoms with Gasteiger partial charge in [0.1, 0.15) is 0 Å². The number of hydrogen-bond donors (Lipinski definition) is 3. The Balaban J connectivity index is 1.49. The Morgan fingerprint density at radius 1 is 1.26 bits per heavy atom. The van der Waals surface area contributed by atoms with E-state index in [1.165, 1.54) is 6.92 Å². The highest BCUT2D eigenvalue weighted by Gasteiger charge is 2.56. The molecule has 1 aromatic heterocycles. The van der Waals surface area contributed by atoms with E-state index in [1.807, 2.05) is 40.0 Å². The van der Waals surface area contributed by atoms with Crippen LogP contribution in [0.4, 0.5) is 4.79 Å². The van der Waals surface area contributed by atoms with E-state index >= 15 is 0 Å². The summed E-state index contributed by atoms with van der Waals surface area (Å²) in [6.45, 7) is 9.78. The molecule has 9 heteroatoms. The summed E-state index contributed by atoms with van der Waals surface area (Å²) in [7, 11) is 0. The van der Waals surface area contributed by atoms with Crippen LogP contribution >= 0.6 is 0 Å². The van der Waals surface area contributed by atoms with Crippen LogP contribution in [0, 0.1) is 23.2 Å². The molecule has 4 aliphatic rings. The molecule has 4 bridgehead atoms. The zero-order chi connectivity index (χ0) is 25.5. The van der Waals surface area contributed by atoms with Crippen molar-refractivity contribution in [3.05, 3.63) is 23.5 Å². The maximum absolute atomic E-state index is 13.5. The number of carbonyl (C=O) groups excluding carboxylic acids is 3. The summed E-state index contributed by atoms with van der Waals surface area (Å²) in [5, 5.41) is 10.7. The second-order valence-corrected chi connectivity index (χ2v) is 11.8. The van der Waals surface area contributed by atoms with E-state index in [0.29, 0.717) is 29.9 Å². The predicted octanol–water partition coefficient (Wildman–Crippen LogP) is 3.41. The van der Waals surface area contributed by atoms with Gasteiger partial charge in [-0.15, -0.1) is 0 Å². The molecule has 192 valence electrons. The third-order valence-corrected chi connectivity index (χ3v) is 7.97. The lowest BCUT2D eigenvalue weighted by molar-refractivity contribution is -0.120. The highest BCUT2D eigenvalue weighted by molar-refractivity contribution is 5.95. The Bertz CT molecular complexity index is 1010. The van der Waals surface area contributed by atoms with Crippen molar-refractivity contribution in [1.82, 2.24) is 20.4 Å². The van der Waals surface area contributed by atoms with Crippen molar-refractivity contribution in [2.24, 2.45) is 28.9 Å². The van der Waals surface area contributed by atoms with Crippen molar-refractivity contribution in [2.45, 2.75) is 84.2 Å². The lowest BCUT2D eigenvalue weighted by Crippen LogP contribution is -2.60. The minimum Gasteiger partial charge on any atom is -0.449 e. The Morgan fingerprint density at radius 3 is 2.49 bits per heavy atom. The van der Waals surface area contributed by atoms with Gasteiger partial charge in [0.05, 0.1) is 29.6 Å². The number of aromatic nitrogens is 2. The second-order valence-electron chi connectivity index (χ2n) is 11.8. The fraction of sp³-hybridized carbons (Fsp3) is 0.692. The van der Waals surface area contributed by atoms with Gasteiger partial charge in [0, 0.05) is 24.6 Å². The molecule has 4 saturated carbocycles. The third kappa shape index (κ3) is 5.38. The number of ether oxygens (including phenoxy) is 1. The summed E-state index contributed by atoms with van der Waals surface area (Å²) < 4.78 is 6.97. The van der Waals surface area contributed by atoms with Crippen LogP contribution in [-0.4, -0.2) is 45.9 Å². The molecule has 2 unspecified atom stereocenters. The lowest BCUT2D eigenvalue weighted by atomic mass is 9.48. The molecule has 0 aromatic carbocycles. The summed E-state index contributed by atoms with van der Waals surface area (Å²) in [4.78, 5) is 36.2. The molecule has 4 fully saturated rings. The van der Waals surface area contributed by atoms with Crippen molar-refractivity contribution in [3.63, 3.8) is 0 Å². The van der Waals surface area contributed by atoms with Gasteiger partial charge in [0.25, 0.3) is 5.91 Å². The number of rotatable bonds is 8. The summed E-state index contributed by atoms with van der Waals surface area (Å²) in [6, 6.07) is 0.123. The van der Waals surface area contributed by atoms with E-state index in [-0.39, 0.29) is 29.2 Å². The first kappa shape index (κ1) is 25.3. The number of nitrogens with two attached hydrogens (primary N) is 1. The highest BCUT2D eigenvalue weighted by atomic mass is 16.5. The zero-order valence-electron chi connectivity index (χ0n) is 21.5. The Labute approximate surface area is 207 Å². The smallest absolute Gasteiger partial charge is 0.404 e. The standard InChI is InChI=1S/C26H39N5O4/c1-15(2)22-20(13-28-31(22)7-6-25(4,5)30-16(3)32)23(33)29-21-18-8-17-9-19(21)12-26(10-17,11-18)14-35-24(27)34/h6-7,13,15,17-19,21H,8-12,14H2,1-5H3,(H2,27,34)(H,29,33)(H,30,32). The van der Waals surface area contributed by atoms with Gasteiger partial charge in [-0.1, -0.05) is 13.8 Å². The van der Waals surface area contributed by atoms with E-state index in [1.54, 1.807) is 10.9 Å². The lowest BCUT2D eigenvalue weighted by Gasteiger charge is -2.59. The van der Waals surface area contributed by atoms with Gasteiger partial charge >= 0.3 is 6.09 Å². The second kappa shape index (κ2) is 9.32. The highest BCUT2D eigenvalue weighted by Crippen LogP contribution is 2.60. The molecule has 0 spiro atoms. The maximum atomic E-state index is 13.5. The van der Waals surface area contributed by atoms with Gasteiger partial charge in [0.15, 0.2) is 0 Å². The van der Waals surface area contributed by atoms with E-state index in [9.17, 15) is 14.4 Å². The van der Waals surface area contributed by atoms with Crippen molar-refractivity contribution in [1.29, 1.82) is 0 Å². The van der Waals surface area contributed by atoms with Crippen molar-refractivity contribution >= 4 is 24.1 Å². The SMILES string of the molecule is CC(=O)NC(C)(C)C=Cn1ncc(C(=O)NC2C3CC4CC2CC(COC(N)=O)(C4)C3)c1C(C)C. The molecule has 4 aliphatic carbocycles. The minimum atomic E-state index is -0.710. The van der Waals surface area contributed by atoms with E-state index in [0.717, 1.165) is 37.8 Å². The monoisotopic (exact) mass is 485 g/mol. The first-order valence-corrected chi connectivity index (χ1v) is 12.7. The van der Waals surface area contributed by atoms with Gasteiger partial charge < -0.3 is 21.1 Å². The van der Waals surface area contributed by atoms with E-state index < -0.39 is 11.6 Å². The predicted molar refractivity (Wildman–Crippen MR) is 132 cm³/mol. The summed E-state index contributed by atoms with van der Waals surface area (Å²) in [6.07, 6.45) is 9.82. The van der Waals surface area contributed by atoms with E-state index in [4.69, 9.17) is 10.5 Å².